The molecule has 0 radical (unpaired) electrons. The Bertz CT molecular complexity index is 764. The van der Waals surface area contributed by atoms with Crippen LogP contribution in [0.2, 0.25) is 5.15 Å². The minimum Gasteiger partial charge on any atom is -0.295 e. The predicted molar refractivity (Wildman–Crippen MR) is 80.7 cm³/mol. The van der Waals surface area contributed by atoms with Crippen molar-refractivity contribution < 1.29 is 4.39 Å². The molecule has 9 heteroatoms. The van der Waals surface area contributed by atoms with E-state index in [4.69, 9.17) is 11.6 Å². The zero-order valence-electron chi connectivity index (χ0n) is 8.81. The fourth-order valence-corrected chi connectivity index (χ4v) is 4.22. The van der Waals surface area contributed by atoms with Gasteiger partial charge in [-0.25, -0.2) is 9.36 Å². The van der Waals surface area contributed by atoms with Crippen LogP contribution in [-0.4, -0.2) is 9.55 Å². The maximum absolute atomic E-state index is 13.5. The lowest BCUT2D eigenvalue weighted by atomic mass is 10.3. The average Bonchev–Trinajstić information content (AvgIpc) is 2.29. The molecule has 0 bridgehead atoms. The van der Waals surface area contributed by atoms with E-state index in [-0.39, 0.29) is 5.69 Å². The van der Waals surface area contributed by atoms with Gasteiger partial charge in [-0.15, -0.1) is 0 Å². The Kier molecular flexibility index (Phi) is 4.34. The third-order valence-corrected chi connectivity index (χ3v) is 4.14. The van der Waals surface area contributed by atoms with Crippen LogP contribution in [0.4, 0.5) is 4.39 Å². The van der Waals surface area contributed by atoms with Crippen LogP contribution in [0.25, 0.3) is 5.69 Å². The number of benzene rings is 1. The molecule has 19 heavy (non-hydrogen) atoms. The van der Waals surface area contributed by atoms with E-state index in [1.165, 1.54) is 0 Å². The second kappa shape index (κ2) is 5.51. The van der Waals surface area contributed by atoms with Crippen molar-refractivity contribution in [3.63, 3.8) is 0 Å². The minimum atomic E-state index is -1.22. The van der Waals surface area contributed by atoms with Crippen molar-refractivity contribution in [2.45, 2.75) is 0 Å². The van der Waals surface area contributed by atoms with Crippen molar-refractivity contribution in [3.05, 3.63) is 57.4 Å². The molecule has 0 aliphatic carbocycles. The summed E-state index contributed by atoms with van der Waals surface area (Å²) in [4.78, 5) is 25.7. The molecule has 4 nitrogen and oxygen atoms in total. The highest BCUT2D eigenvalue weighted by atomic mass is 79.9. The van der Waals surface area contributed by atoms with Gasteiger partial charge in [-0.2, -0.15) is 4.39 Å². The average molecular weight is 477 g/mol. The molecule has 1 N–H and O–H groups in total. The molecule has 1 aromatic carbocycles. The highest BCUT2D eigenvalue weighted by molar-refractivity contribution is 9.11. The number of halogens is 5. The van der Waals surface area contributed by atoms with Crippen molar-refractivity contribution in [2.75, 3.05) is 0 Å². The second-order valence-corrected chi connectivity index (χ2v) is 6.42. The second-order valence-electron chi connectivity index (χ2n) is 3.42. The minimum absolute atomic E-state index is 0.185. The van der Waals surface area contributed by atoms with Gasteiger partial charge in [0.1, 0.15) is 0 Å². The van der Waals surface area contributed by atoms with Crippen LogP contribution in [0.3, 0.4) is 0 Å². The Morgan fingerprint density at radius 3 is 2.21 bits per heavy atom. The van der Waals surface area contributed by atoms with Gasteiger partial charge in [0.05, 0.1) is 5.69 Å². The topological polar surface area (TPSA) is 54.9 Å². The zero-order valence-corrected chi connectivity index (χ0v) is 14.3. The SMILES string of the molecule is O=c1[nH]c(Cl)c(F)c(=O)n1-c1c(Br)cc(Br)cc1Br. The quantitative estimate of drug-likeness (QED) is 0.639. The van der Waals surface area contributed by atoms with Gasteiger partial charge < -0.3 is 0 Å². The molecule has 1 aromatic heterocycles. The first-order valence-electron chi connectivity index (χ1n) is 4.68. The first-order chi connectivity index (χ1) is 8.82. The number of aromatic amines is 1. The van der Waals surface area contributed by atoms with Crippen molar-refractivity contribution in [2.24, 2.45) is 0 Å². The molecule has 1 heterocycles. The molecular formula is C10H3Br3ClFN2O2. The van der Waals surface area contributed by atoms with Crippen LogP contribution in [-0.2, 0) is 0 Å². The molecule has 0 aliphatic heterocycles. The largest absolute Gasteiger partial charge is 0.334 e. The normalized spacial score (nSPS) is 10.8. The molecule has 0 spiro atoms. The molecule has 0 amide bonds. The number of H-pyrrole nitrogens is 1. The summed E-state index contributed by atoms with van der Waals surface area (Å²) in [5, 5.41) is -0.615. The van der Waals surface area contributed by atoms with Gasteiger partial charge in [-0.1, -0.05) is 27.5 Å². The maximum Gasteiger partial charge on any atom is 0.334 e. The summed E-state index contributed by atoms with van der Waals surface area (Å²) in [6, 6.07) is 3.25. The molecule has 0 saturated heterocycles. The van der Waals surface area contributed by atoms with E-state index in [1.807, 2.05) is 0 Å². The first-order valence-corrected chi connectivity index (χ1v) is 7.44. The predicted octanol–water partition coefficient (Wildman–Crippen LogP) is 3.61. The number of aromatic nitrogens is 2. The van der Waals surface area contributed by atoms with E-state index < -0.39 is 22.2 Å². The molecule has 2 rings (SSSR count). The fourth-order valence-electron chi connectivity index (χ4n) is 1.44. The standard InChI is InChI=1S/C10H3Br3ClFN2O2/c11-3-1-4(12)7(5(13)2-3)17-9(18)6(15)8(14)16-10(17)19/h1-2H,(H,16,19). The molecule has 0 unspecified atom stereocenters. The number of hydrogen-bond acceptors (Lipinski definition) is 2. The number of rotatable bonds is 1. The summed E-state index contributed by atoms with van der Waals surface area (Å²) >= 11 is 15.1. The van der Waals surface area contributed by atoms with Gasteiger partial charge in [-0.3, -0.25) is 9.78 Å². The van der Waals surface area contributed by atoms with E-state index in [2.05, 4.69) is 52.8 Å². The number of nitrogens with zero attached hydrogens (tertiary/aromatic N) is 1. The summed E-state index contributed by atoms with van der Waals surface area (Å²) in [7, 11) is 0. The zero-order chi connectivity index (χ0) is 14.3. The van der Waals surface area contributed by atoms with Gasteiger partial charge in [0, 0.05) is 13.4 Å². The Morgan fingerprint density at radius 2 is 1.68 bits per heavy atom. The molecule has 100 valence electrons. The van der Waals surface area contributed by atoms with Crippen LogP contribution < -0.4 is 11.2 Å². The van der Waals surface area contributed by atoms with E-state index in [1.54, 1.807) is 12.1 Å². The molecular weight excluding hydrogens is 474 g/mol. The van der Waals surface area contributed by atoms with E-state index in [0.717, 1.165) is 0 Å². The fraction of sp³-hybridized carbons (Fsp3) is 0. The summed E-state index contributed by atoms with van der Waals surface area (Å²) in [5.74, 6) is -1.22. The van der Waals surface area contributed by atoms with E-state index in [0.29, 0.717) is 18.0 Å². The number of hydrogen-bond donors (Lipinski definition) is 1. The smallest absolute Gasteiger partial charge is 0.295 e. The maximum atomic E-state index is 13.5. The lowest BCUT2D eigenvalue weighted by Crippen LogP contribution is -2.36. The van der Waals surface area contributed by atoms with Crippen LogP contribution in [0.15, 0.2) is 35.1 Å². The van der Waals surface area contributed by atoms with E-state index in [9.17, 15) is 14.0 Å². The molecule has 0 aliphatic rings. The number of nitrogens with one attached hydrogen (secondary N) is 1. The van der Waals surface area contributed by atoms with Crippen LogP contribution >= 0.6 is 59.4 Å². The van der Waals surface area contributed by atoms with Gasteiger partial charge in [-0.05, 0) is 44.0 Å². The van der Waals surface area contributed by atoms with Crippen LogP contribution in [0, 0.1) is 5.82 Å². The van der Waals surface area contributed by atoms with Crippen molar-refractivity contribution >= 4 is 59.4 Å². The Morgan fingerprint density at radius 1 is 1.16 bits per heavy atom. The lowest BCUT2D eigenvalue weighted by molar-refractivity contribution is 0.584. The highest BCUT2D eigenvalue weighted by Gasteiger charge is 2.18. The Hall–Kier alpha value is -0.440. The van der Waals surface area contributed by atoms with Crippen LogP contribution in [0.1, 0.15) is 0 Å². The summed E-state index contributed by atoms with van der Waals surface area (Å²) in [5.41, 5.74) is -1.78. The summed E-state index contributed by atoms with van der Waals surface area (Å²) in [6.45, 7) is 0. The summed E-state index contributed by atoms with van der Waals surface area (Å²) < 4.78 is 15.8. The van der Waals surface area contributed by atoms with Crippen molar-refractivity contribution in [1.29, 1.82) is 0 Å². The van der Waals surface area contributed by atoms with Crippen molar-refractivity contribution in [3.8, 4) is 5.69 Å². The first kappa shape index (κ1) is 15.0. The molecule has 0 saturated carbocycles. The van der Waals surface area contributed by atoms with Crippen LogP contribution in [0.5, 0.6) is 0 Å². The van der Waals surface area contributed by atoms with Crippen molar-refractivity contribution in [1.82, 2.24) is 9.55 Å². The monoisotopic (exact) mass is 474 g/mol. The molecule has 0 atom stereocenters. The summed E-state index contributed by atoms with van der Waals surface area (Å²) in [6.07, 6.45) is 0. The Balaban J connectivity index is 2.93. The van der Waals surface area contributed by atoms with Gasteiger partial charge in [0.15, 0.2) is 5.15 Å². The lowest BCUT2D eigenvalue weighted by Gasteiger charge is -2.10. The third-order valence-electron chi connectivity index (χ3n) is 2.21. The van der Waals surface area contributed by atoms with Gasteiger partial charge in [0.25, 0.3) is 5.56 Å². The van der Waals surface area contributed by atoms with Gasteiger partial charge >= 0.3 is 5.69 Å². The molecule has 0 fully saturated rings. The van der Waals surface area contributed by atoms with E-state index >= 15 is 0 Å². The third kappa shape index (κ3) is 2.72. The highest BCUT2D eigenvalue weighted by Crippen LogP contribution is 2.31. The Labute approximate surface area is 136 Å². The molecule has 2 aromatic rings. The van der Waals surface area contributed by atoms with Gasteiger partial charge in [0.2, 0.25) is 5.82 Å².